The molecule has 0 bridgehead atoms. The first-order valence-electron chi connectivity index (χ1n) is 7.56. The van der Waals surface area contributed by atoms with Crippen LogP contribution in [0, 0.1) is 11.3 Å². The number of aromatic nitrogens is 5. The molecule has 0 aromatic carbocycles. The van der Waals surface area contributed by atoms with E-state index in [2.05, 4.69) is 26.1 Å². The second kappa shape index (κ2) is 7.20. The summed E-state index contributed by atoms with van der Waals surface area (Å²) in [5.41, 5.74) is 2.91. The summed E-state index contributed by atoms with van der Waals surface area (Å²) in [6.07, 6.45) is 7.90. The molecule has 0 saturated carbocycles. The highest BCUT2D eigenvalue weighted by atomic mass is 35.5. The van der Waals surface area contributed by atoms with Gasteiger partial charge in [0.15, 0.2) is 5.82 Å². The molecule has 0 N–H and O–H groups in total. The van der Waals surface area contributed by atoms with Gasteiger partial charge in [0.05, 0.1) is 28.0 Å². The Morgan fingerprint density at radius 1 is 1.17 bits per heavy atom. The van der Waals surface area contributed by atoms with E-state index in [0.29, 0.717) is 17.8 Å². The molecule has 0 aliphatic rings. The molecule has 0 aliphatic heterocycles. The lowest BCUT2D eigenvalue weighted by Crippen LogP contribution is -2.10. The SMILES string of the molecule is CCC(Cl)c1nccnc1Cc1ccnn1-c1ncccc1C#N. The van der Waals surface area contributed by atoms with Crippen LogP contribution in [-0.2, 0) is 6.42 Å². The highest BCUT2D eigenvalue weighted by Crippen LogP contribution is 2.25. The summed E-state index contributed by atoms with van der Waals surface area (Å²) in [5.74, 6) is 0.503. The van der Waals surface area contributed by atoms with E-state index in [9.17, 15) is 5.26 Å². The zero-order valence-electron chi connectivity index (χ0n) is 13.1. The Morgan fingerprint density at radius 3 is 2.79 bits per heavy atom. The average Bonchev–Trinajstić information content (AvgIpc) is 3.09. The third-order valence-corrected chi connectivity index (χ3v) is 4.15. The van der Waals surface area contributed by atoms with Crippen LogP contribution in [0.15, 0.2) is 43.0 Å². The van der Waals surface area contributed by atoms with Gasteiger partial charge in [-0.2, -0.15) is 10.4 Å². The number of hydrogen-bond donors (Lipinski definition) is 0. The number of pyridine rings is 1. The molecule has 0 amide bonds. The van der Waals surface area contributed by atoms with Gasteiger partial charge >= 0.3 is 0 Å². The van der Waals surface area contributed by atoms with E-state index in [-0.39, 0.29) is 5.38 Å². The average molecular weight is 339 g/mol. The Bertz CT molecular complexity index is 883. The maximum Gasteiger partial charge on any atom is 0.171 e. The molecule has 0 spiro atoms. The number of halogens is 1. The summed E-state index contributed by atoms with van der Waals surface area (Å²) in [7, 11) is 0. The van der Waals surface area contributed by atoms with Gasteiger partial charge < -0.3 is 0 Å². The maximum atomic E-state index is 9.28. The topological polar surface area (TPSA) is 80.3 Å². The highest BCUT2D eigenvalue weighted by Gasteiger charge is 2.17. The number of hydrogen-bond acceptors (Lipinski definition) is 5. The molecule has 24 heavy (non-hydrogen) atoms. The predicted octanol–water partition coefficient (Wildman–Crippen LogP) is 3.21. The van der Waals surface area contributed by atoms with Crippen LogP contribution in [0.2, 0.25) is 0 Å². The minimum absolute atomic E-state index is 0.186. The summed E-state index contributed by atoms with van der Waals surface area (Å²) in [5, 5.41) is 13.4. The maximum absolute atomic E-state index is 9.28. The van der Waals surface area contributed by atoms with Gasteiger partial charge in [-0.15, -0.1) is 11.6 Å². The zero-order chi connectivity index (χ0) is 16.9. The largest absolute Gasteiger partial charge is 0.257 e. The highest BCUT2D eigenvalue weighted by molar-refractivity contribution is 6.20. The van der Waals surface area contributed by atoms with E-state index in [1.807, 2.05) is 13.0 Å². The second-order valence-electron chi connectivity index (χ2n) is 5.16. The predicted molar refractivity (Wildman–Crippen MR) is 89.8 cm³/mol. The zero-order valence-corrected chi connectivity index (χ0v) is 13.9. The Kier molecular flexibility index (Phi) is 4.82. The van der Waals surface area contributed by atoms with Crippen LogP contribution in [-0.4, -0.2) is 24.7 Å². The molecular formula is C17H15ClN6. The monoisotopic (exact) mass is 338 g/mol. The third-order valence-electron chi connectivity index (χ3n) is 3.64. The second-order valence-corrected chi connectivity index (χ2v) is 5.69. The van der Waals surface area contributed by atoms with Crippen molar-refractivity contribution >= 4 is 11.6 Å². The molecule has 1 unspecified atom stereocenters. The van der Waals surface area contributed by atoms with Crippen molar-refractivity contribution in [1.29, 1.82) is 5.26 Å². The van der Waals surface area contributed by atoms with Gasteiger partial charge in [-0.05, 0) is 24.6 Å². The first-order valence-corrected chi connectivity index (χ1v) is 8.00. The van der Waals surface area contributed by atoms with Crippen molar-refractivity contribution < 1.29 is 0 Å². The van der Waals surface area contributed by atoms with Gasteiger partial charge in [0.25, 0.3) is 0 Å². The summed E-state index contributed by atoms with van der Waals surface area (Å²) in [6.45, 7) is 2.01. The third kappa shape index (κ3) is 3.12. The molecule has 3 rings (SSSR count). The summed E-state index contributed by atoms with van der Waals surface area (Å²) < 4.78 is 1.66. The lowest BCUT2D eigenvalue weighted by Gasteiger charge is -2.12. The molecule has 1 atom stereocenters. The van der Waals surface area contributed by atoms with Gasteiger partial charge in [-0.3, -0.25) is 9.97 Å². The normalized spacial score (nSPS) is 11.9. The van der Waals surface area contributed by atoms with Crippen LogP contribution in [0.1, 0.15) is 41.4 Å². The van der Waals surface area contributed by atoms with Gasteiger partial charge in [0.1, 0.15) is 6.07 Å². The van der Waals surface area contributed by atoms with Crippen molar-refractivity contribution in [2.45, 2.75) is 25.1 Å². The van der Waals surface area contributed by atoms with E-state index < -0.39 is 0 Å². The summed E-state index contributed by atoms with van der Waals surface area (Å²) in [4.78, 5) is 13.1. The Hall–Kier alpha value is -2.78. The van der Waals surface area contributed by atoms with Crippen molar-refractivity contribution in [1.82, 2.24) is 24.7 Å². The van der Waals surface area contributed by atoms with Crippen LogP contribution < -0.4 is 0 Å². The van der Waals surface area contributed by atoms with Crippen molar-refractivity contribution in [3.63, 3.8) is 0 Å². The Labute approximate surface area is 144 Å². The quantitative estimate of drug-likeness (QED) is 0.667. The van der Waals surface area contributed by atoms with Crippen LogP contribution in [0.3, 0.4) is 0 Å². The minimum atomic E-state index is -0.186. The molecule has 3 aromatic heterocycles. The molecule has 120 valence electrons. The molecule has 0 aliphatic carbocycles. The van der Waals surface area contributed by atoms with Gasteiger partial charge in [0, 0.05) is 31.2 Å². The first kappa shape index (κ1) is 16.1. The van der Waals surface area contributed by atoms with E-state index in [1.54, 1.807) is 41.6 Å². The molecule has 6 nitrogen and oxygen atoms in total. The fourth-order valence-corrected chi connectivity index (χ4v) is 2.63. The van der Waals surface area contributed by atoms with Crippen LogP contribution in [0.25, 0.3) is 5.82 Å². The smallest absolute Gasteiger partial charge is 0.171 e. The summed E-state index contributed by atoms with van der Waals surface area (Å²) >= 11 is 6.36. The molecule has 7 heteroatoms. The van der Waals surface area contributed by atoms with Crippen molar-refractivity contribution in [3.8, 4) is 11.9 Å². The number of nitrogens with zero attached hydrogens (tertiary/aromatic N) is 6. The summed E-state index contributed by atoms with van der Waals surface area (Å²) in [6, 6.07) is 7.46. The fourth-order valence-electron chi connectivity index (χ4n) is 2.45. The van der Waals surface area contributed by atoms with Crippen molar-refractivity contribution in [3.05, 3.63) is 65.6 Å². The van der Waals surface area contributed by atoms with E-state index in [0.717, 1.165) is 23.5 Å². The van der Waals surface area contributed by atoms with Crippen LogP contribution >= 0.6 is 11.6 Å². The van der Waals surface area contributed by atoms with E-state index in [4.69, 9.17) is 11.6 Å². The first-order chi connectivity index (χ1) is 11.7. The van der Waals surface area contributed by atoms with Gasteiger partial charge in [0.2, 0.25) is 0 Å². The van der Waals surface area contributed by atoms with Crippen molar-refractivity contribution in [2.24, 2.45) is 0 Å². The van der Waals surface area contributed by atoms with Crippen molar-refractivity contribution in [2.75, 3.05) is 0 Å². The standard InChI is InChI=1S/C17H15ClN6/c1-2-14(18)16-15(20-8-9-21-16)10-13-5-7-23-24(13)17-12(11-19)4-3-6-22-17/h3-9,14H,2,10H2,1H3. The molecule has 0 radical (unpaired) electrons. The number of nitriles is 1. The Balaban J connectivity index is 2.00. The van der Waals surface area contributed by atoms with Crippen LogP contribution in [0.5, 0.6) is 0 Å². The van der Waals surface area contributed by atoms with E-state index >= 15 is 0 Å². The van der Waals surface area contributed by atoms with Gasteiger partial charge in [-0.25, -0.2) is 9.67 Å². The number of rotatable bonds is 5. The lowest BCUT2D eigenvalue weighted by atomic mass is 10.1. The molecule has 3 heterocycles. The van der Waals surface area contributed by atoms with Gasteiger partial charge in [-0.1, -0.05) is 6.92 Å². The molecule has 0 saturated heterocycles. The fraction of sp³-hybridized carbons (Fsp3) is 0.235. The van der Waals surface area contributed by atoms with Crippen LogP contribution in [0.4, 0.5) is 0 Å². The molecular weight excluding hydrogens is 324 g/mol. The molecule has 3 aromatic rings. The Morgan fingerprint density at radius 2 is 2.00 bits per heavy atom. The number of alkyl halides is 1. The lowest BCUT2D eigenvalue weighted by molar-refractivity contribution is 0.766. The van der Waals surface area contributed by atoms with E-state index in [1.165, 1.54) is 0 Å². The minimum Gasteiger partial charge on any atom is -0.257 e. The molecule has 0 fully saturated rings.